The maximum atomic E-state index is 13.0. The van der Waals surface area contributed by atoms with Crippen LogP contribution in [-0.4, -0.2) is 64.4 Å². The summed E-state index contributed by atoms with van der Waals surface area (Å²) in [5, 5.41) is 7.17. The Morgan fingerprint density at radius 1 is 1.20 bits per heavy atom. The van der Waals surface area contributed by atoms with Crippen molar-refractivity contribution in [2.24, 2.45) is 0 Å². The number of carbonyl (C=O) groups is 1. The van der Waals surface area contributed by atoms with Gasteiger partial charge in [0.2, 0.25) is 5.88 Å². The van der Waals surface area contributed by atoms with Crippen LogP contribution < -0.4 is 14.2 Å². The molecular formula is C21H23N5O4. The van der Waals surface area contributed by atoms with E-state index < -0.39 is 0 Å². The summed E-state index contributed by atoms with van der Waals surface area (Å²) < 4.78 is 16.6. The van der Waals surface area contributed by atoms with Crippen molar-refractivity contribution in [2.45, 2.75) is 18.9 Å². The molecule has 156 valence electrons. The molecule has 1 aliphatic heterocycles. The fourth-order valence-electron chi connectivity index (χ4n) is 3.49. The molecule has 0 spiro atoms. The highest BCUT2D eigenvalue weighted by atomic mass is 16.5. The Labute approximate surface area is 174 Å². The highest BCUT2D eigenvalue weighted by Crippen LogP contribution is 2.32. The second-order valence-corrected chi connectivity index (χ2v) is 6.91. The predicted octanol–water partition coefficient (Wildman–Crippen LogP) is 2.57. The molecule has 3 heterocycles. The minimum Gasteiger partial charge on any atom is -0.497 e. The number of nitrogens with one attached hydrogen (secondary N) is 1. The van der Waals surface area contributed by atoms with Gasteiger partial charge in [0.25, 0.3) is 5.91 Å². The fraction of sp³-hybridized carbons (Fsp3) is 0.333. The van der Waals surface area contributed by atoms with Crippen LogP contribution in [0.25, 0.3) is 11.3 Å². The van der Waals surface area contributed by atoms with Crippen LogP contribution in [0.2, 0.25) is 0 Å². The number of hydrogen-bond donors (Lipinski definition) is 1. The van der Waals surface area contributed by atoms with Gasteiger partial charge in [0.05, 0.1) is 26.5 Å². The van der Waals surface area contributed by atoms with Crippen LogP contribution >= 0.6 is 0 Å². The summed E-state index contributed by atoms with van der Waals surface area (Å²) in [6.07, 6.45) is 4.68. The van der Waals surface area contributed by atoms with Crippen molar-refractivity contribution in [1.82, 2.24) is 25.1 Å². The highest BCUT2D eigenvalue weighted by molar-refractivity contribution is 5.93. The number of likely N-dealkylation sites (tertiary alicyclic amines) is 1. The summed E-state index contributed by atoms with van der Waals surface area (Å²) in [6, 6.07) is 8.89. The number of ether oxygens (including phenoxy) is 3. The quantitative estimate of drug-likeness (QED) is 0.667. The van der Waals surface area contributed by atoms with Crippen molar-refractivity contribution in [2.75, 3.05) is 27.3 Å². The number of piperidine rings is 1. The van der Waals surface area contributed by atoms with Crippen LogP contribution in [0.1, 0.15) is 23.3 Å². The van der Waals surface area contributed by atoms with Gasteiger partial charge in [-0.3, -0.25) is 9.89 Å². The van der Waals surface area contributed by atoms with Gasteiger partial charge in [0.15, 0.2) is 0 Å². The Bertz CT molecular complexity index is 1010. The third-order valence-electron chi connectivity index (χ3n) is 5.00. The molecule has 1 saturated heterocycles. The molecule has 0 bridgehead atoms. The summed E-state index contributed by atoms with van der Waals surface area (Å²) in [6.45, 7) is 1.15. The molecule has 1 atom stereocenters. The average Bonchev–Trinajstić information content (AvgIpc) is 3.29. The van der Waals surface area contributed by atoms with Crippen LogP contribution in [-0.2, 0) is 0 Å². The first-order chi connectivity index (χ1) is 14.7. The SMILES string of the molecule is COc1ccc(OC)c(-c2cc(C(=O)N3CCCC(Oc4ccncn4)C3)[nH]n2)c1. The number of rotatable bonds is 6. The van der Waals surface area contributed by atoms with Gasteiger partial charge in [-0.1, -0.05) is 0 Å². The number of methoxy groups -OCH3 is 2. The molecule has 3 aromatic rings. The number of hydrogen-bond acceptors (Lipinski definition) is 7. The van der Waals surface area contributed by atoms with E-state index >= 15 is 0 Å². The predicted molar refractivity (Wildman–Crippen MR) is 109 cm³/mol. The second kappa shape index (κ2) is 8.81. The smallest absolute Gasteiger partial charge is 0.272 e. The molecule has 0 radical (unpaired) electrons. The van der Waals surface area contributed by atoms with Crippen molar-refractivity contribution < 1.29 is 19.0 Å². The van der Waals surface area contributed by atoms with Gasteiger partial charge >= 0.3 is 0 Å². The molecule has 1 N–H and O–H groups in total. The van der Waals surface area contributed by atoms with Gasteiger partial charge in [-0.25, -0.2) is 9.97 Å². The number of amides is 1. The van der Waals surface area contributed by atoms with Gasteiger partial charge < -0.3 is 19.1 Å². The average molecular weight is 409 g/mol. The summed E-state index contributed by atoms with van der Waals surface area (Å²) in [5.41, 5.74) is 1.77. The summed E-state index contributed by atoms with van der Waals surface area (Å²) >= 11 is 0. The molecule has 9 nitrogen and oxygen atoms in total. The van der Waals surface area contributed by atoms with Crippen molar-refractivity contribution >= 4 is 5.91 Å². The van der Waals surface area contributed by atoms with E-state index in [9.17, 15) is 4.79 Å². The molecule has 2 aromatic heterocycles. The minimum atomic E-state index is -0.119. The molecule has 1 aromatic carbocycles. The largest absolute Gasteiger partial charge is 0.497 e. The Hall–Kier alpha value is -3.62. The van der Waals surface area contributed by atoms with Gasteiger partial charge in [-0.2, -0.15) is 5.10 Å². The number of benzene rings is 1. The molecule has 1 unspecified atom stereocenters. The van der Waals surface area contributed by atoms with Crippen molar-refractivity contribution in [3.05, 3.63) is 48.5 Å². The van der Waals surface area contributed by atoms with Gasteiger partial charge in [-0.15, -0.1) is 0 Å². The van der Waals surface area contributed by atoms with E-state index in [1.54, 1.807) is 37.4 Å². The maximum Gasteiger partial charge on any atom is 0.272 e. The summed E-state index contributed by atoms with van der Waals surface area (Å²) in [7, 11) is 3.19. The number of nitrogens with zero attached hydrogens (tertiary/aromatic N) is 4. The third kappa shape index (κ3) is 4.19. The first-order valence-corrected chi connectivity index (χ1v) is 9.67. The highest BCUT2D eigenvalue weighted by Gasteiger charge is 2.27. The topological polar surface area (TPSA) is 102 Å². The van der Waals surface area contributed by atoms with E-state index in [2.05, 4.69) is 20.2 Å². The van der Waals surface area contributed by atoms with E-state index in [-0.39, 0.29) is 12.0 Å². The molecule has 1 aliphatic rings. The van der Waals surface area contributed by atoms with Gasteiger partial charge in [-0.05, 0) is 37.1 Å². The molecule has 0 aliphatic carbocycles. The zero-order valence-corrected chi connectivity index (χ0v) is 16.9. The van der Waals surface area contributed by atoms with Crippen molar-refractivity contribution in [1.29, 1.82) is 0 Å². The van der Waals surface area contributed by atoms with E-state index in [0.29, 0.717) is 41.9 Å². The molecule has 9 heteroatoms. The van der Waals surface area contributed by atoms with Gasteiger partial charge in [0.1, 0.15) is 29.6 Å². The van der Waals surface area contributed by atoms with Crippen LogP contribution in [0.15, 0.2) is 42.9 Å². The maximum absolute atomic E-state index is 13.0. The lowest BCUT2D eigenvalue weighted by Gasteiger charge is -2.32. The molecular weight excluding hydrogens is 386 g/mol. The third-order valence-corrected chi connectivity index (χ3v) is 5.00. The molecule has 4 rings (SSSR count). The normalized spacial score (nSPS) is 16.2. The Morgan fingerprint density at radius 3 is 2.87 bits per heavy atom. The molecule has 30 heavy (non-hydrogen) atoms. The zero-order chi connectivity index (χ0) is 20.9. The lowest BCUT2D eigenvalue weighted by molar-refractivity contribution is 0.0522. The number of aromatic amines is 1. The van der Waals surface area contributed by atoms with Crippen LogP contribution in [0.3, 0.4) is 0 Å². The van der Waals surface area contributed by atoms with E-state index in [4.69, 9.17) is 14.2 Å². The van der Waals surface area contributed by atoms with Gasteiger partial charge in [0, 0.05) is 24.4 Å². The Morgan fingerprint density at radius 2 is 2.10 bits per heavy atom. The minimum absolute atomic E-state index is 0.113. The zero-order valence-electron chi connectivity index (χ0n) is 16.9. The lowest BCUT2D eigenvalue weighted by atomic mass is 10.1. The Balaban J connectivity index is 1.49. The number of aromatic nitrogens is 4. The monoisotopic (exact) mass is 409 g/mol. The van der Waals surface area contributed by atoms with E-state index in [1.807, 2.05) is 18.2 Å². The van der Waals surface area contributed by atoms with Crippen molar-refractivity contribution in [3.63, 3.8) is 0 Å². The van der Waals surface area contributed by atoms with Crippen LogP contribution in [0, 0.1) is 0 Å². The van der Waals surface area contributed by atoms with Crippen LogP contribution in [0.4, 0.5) is 0 Å². The van der Waals surface area contributed by atoms with Crippen LogP contribution in [0.5, 0.6) is 17.4 Å². The first kappa shape index (κ1) is 19.7. The fourth-order valence-corrected chi connectivity index (χ4v) is 3.49. The first-order valence-electron chi connectivity index (χ1n) is 9.67. The Kier molecular flexibility index (Phi) is 5.78. The second-order valence-electron chi connectivity index (χ2n) is 6.91. The van der Waals surface area contributed by atoms with Crippen molar-refractivity contribution in [3.8, 4) is 28.6 Å². The summed E-state index contributed by atoms with van der Waals surface area (Å²) in [5.74, 6) is 1.73. The number of H-pyrrole nitrogens is 1. The number of carbonyl (C=O) groups excluding carboxylic acids is 1. The van der Waals surface area contributed by atoms with E-state index in [1.165, 1.54) is 6.33 Å². The lowest BCUT2D eigenvalue weighted by Crippen LogP contribution is -2.44. The standard InChI is InChI=1S/C21H23N5O4/c1-28-14-5-6-19(29-2)16(10-14)17-11-18(25-24-17)21(27)26-9-3-4-15(12-26)30-20-7-8-22-13-23-20/h5-8,10-11,13,15H,3-4,9,12H2,1-2H3,(H,24,25). The van der Waals surface area contributed by atoms with E-state index in [0.717, 1.165) is 18.4 Å². The summed E-state index contributed by atoms with van der Waals surface area (Å²) in [4.78, 5) is 22.8. The molecule has 1 amide bonds. The molecule has 1 fully saturated rings. The molecule has 0 saturated carbocycles.